The second kappa shape index (κ2) is 9.15. The molecule has 0 aliphatic carbocycles. The van der Waals surface area contributed by atoms with Crippen molar-refractivity contribution in [3.8, 4) is 0 Å². The van der Waals surface area contributed by atoms with Gasteiger partial charge in [-0.25, -0.2) is 8.42 Å². The Hall–Kier alpha value is -2.79. The van der Waals surface area contributed by atoms with Crippen molar-refractivity contribution in [2.75, 3.05) is 31.2 Å². The third-order valence-electron chi connectivity index (χ3n) is 4.95. The quantitative estimate of drug-likeness (QED) is 0.647. The van der Waals surface area contributed by atoms with Gasteiger partial charge in [0.1, 0.15) is 0 Å². The summed E-state index contributed by atoms with van der Waals surface area (Å²) in [7, 11) is -3.48. The van der Waals surface area contributed by atoms with Gasteiger partial charge in [-0.15, -0.1) is 0 Å². The fraction of sp³-hybridized carbons (Fsp3) is 0.500. The van der Waals surface area contributed by atoms with E-state index in [1.54, 1.807) is 29.2 Å². The van der Waals surface area contributed by atoms with Gasteiger partial charge >= 0.3 is 0 Å². The molecule has 1 aromatic carbocycles. The van der Waals surface area contributed by atoms with Gasteiger partial charge in [-0.2, -0.15) is 9.29 Å². The highest BCUT2D eigenvalue weighted by molar-refractivity contribution is 7.88. The Kier molecular flexibility index (Phi) is 6.75. The number of sulfonamides is 1. The predicted molar refractivity (Wildman–Crippen MR) is 114 cm³/mol. The van der Waals surface area contributed by atoms with Crippen LogP contribution in [0.2, 0.25) is 0 Å². The third kappa shape index (κ3) is 5.67. The molecular formula is C20H27N5O5S. The Morgan fingerprint density at radius 1 is 1.32 bits per heavy atom. The molecule has 168 valence electrons. The Balaban J connectivity index is 1.61. The molecule has 31 heavy (non-hydrogen) atoms. The second-order valence-corrected chi connectivity index (χ2v) is 9.89. The van der Waals surface area contributed by atoms with E-state index in [-0.39, 0.29) is 30.3 Å². The lowest BCUT2D eigenvalue weighted by atomic mass is 10.1. The summed E-state index contributed by atoms with van der Waals surface area (Å²) in [5.41, 5.74) is 0.970. The maximum atomic E-state index is 12.7. The minimum atomic E-state index is -3.48. The van der Waals surface area contributed by atoms with E-state index in [1.807, 2.05) is 13.8 Å². The van der Waals surface area contributed by atoms with Crippen molar-refractivity contribution in [1.29, 1.82) is 0 Å². The molecular weight excluding hydrogens is 422 g/mol. The fourth-order valence-electron chi connectivity index (χ4n) is 3.35. The molecule has 1 aliphatic rings. The Morgan fingerprint density at radius 2 is 2.03 bits per heavy atom. The molecule has 2 heterocycles. The standard InChI is InChI=1S/C20H27N5O5S/c1-13(2)19-22-18(23-30-19)8-9-25(31(4,28)29)17-11-24(12-17)20(27)15-6-5-7-16(10-15)21-14(3)26/h5-7,10,13,17H,8-9,11-12H2,1-4H3,(H,21,26). The molecule has 1 N–H and O–H groups in total. The number of aromatic nitrogens is 2. The van der Waals surface area contributed by atoms with Crippen molar-refractivity contribution in [2.24, 2.45) is 0 Å². The van der Waals surface area contributed by atoms with Crippen LogP contribution in [0, 0.1) is 0 Å². The molecule has 0 saturated carbocycles. The summed E-state index contributed by atoms with van der Waals surface area (Å²) < 4.78 is 31.2. The van der Waals surface area contributed by atoms with Gasteiger partial charge in [0.05, 0.1) is 12.3 Å². The summed E-state index contributed by atoms with van der Waals surface area (Å²) in [5, 5.41) is 6.55. The van der Waals surface area contributed by atoms with Crippen molar-refractivity contribution < 1.29 is 22.5 Å². The number of hydrogen-bond acceptors (Lipinski definition) is 7. The first-order valence-electron chi connectivity index (χ1n) is 10.0. The molecule has 11 heteroatoms. The maximum absolute atomic E-state index is 12.7. The summed E-state index contributed by atoms with van der Waals surface area (Å²) in [6.07, 6.45) is 1.48. The molecule has 0 spiro atoms. The second-order valence-electron chi connectivity index (χ2n) is 7.95. The highest BCUT2D eigenvalue weighted by atomic mass is 32.2. The van der Waals surface area contributed by atoms with E-state index in [2.05, 4.69) is 15.5 Å². The lowest BCUT2D eigenvalue weighted by Crippen LogP contribution is -2.62. The summed E-state index contributed by atoms with van der Waals surface area (Å²) in [6.45, 7) is 6.06. The van der Waals surface area contributed by atoms with Crippen LogP contribution in [0.15, 0.2) is 28.8 Å². The summed E-state index contributed by atoms with van der Waals surface area (Å²) in [5.74, 6) is 0.640. The van der Waals surface area contributed by atoms with Crippen LogP contribution in [0.25, 0.3) is 0 Å². The molecule has 1 saturated heterocycles. The average molecular weight is 450 g/mol. The molecule has 1 fully saturated rings. The van der Waals surface area contributed by atoms with Crippen molar-refractivity contribution in [2.45, 2.75) is 39.2 Å². The fourth-order valence-corrected chi connectivity index (χ4v) is 4.45. The van der Waals surface area contributed by atoms with Gasteiger partial charge in [0.25, 0.3) is 5.91 Å². The van der Waals surface area contributed by atoms with Crippen LogP contribution < -0.4 is 5.32 Å². The van der Waals surface area contributed by atoms with Crippen molar-refractivity contribution >= 4 is 27.5 Å². The number of hydrogen-bond donors (Lipinski definition) is 1. The van der Waals surface area contributed by atoms with Crippen LogP contribution in [0.3, 0.4) is 0 Å². The van der Waals surface area contributed by atoms with Crippen LogP contribution in [0.1, 0.15) is 48.8 Å². The molecule has 10 nitrogen and oxygen atoms in total. The minimum Gasteiger partial charge on any atom is -0.339 e. The smallest absolute Gasteiger partial charge is 0.254 e. The highest BCUT2D eigenvalue weighted by Crippen LogP contribution is 2.22. The molecule has 3 rings (SSSR count). The lowest BCUT2D eigenvalue weighted by molar-refractivity contribution is -0.114. The lowest BCUT2D eigenvalue weighted by Gasteiger charge is -2.44. The number of nitrogens with zero attached hydrogens (tertiary/aromatic N) is 4. The van der Waals surface area contributed by atoms with Gasteiger partial charge in [-0.3, -0.25) is 9.59 Å². The predicted octanol–water partition coefficient (Wildman–Crippen LogP) is 1.48. The number of amides is 2. The molecule has 0 bridgehead atoms. The monoisotopic (exact) mass is 449 g/mol. The van der Waals surface area contributed by atoms with Gasteiger partial charge in [0.15, 0.2) is 5.82 Å². The number of carbonyl (C=O) groups is 2. The van der Waals surface area contributed by atoms with E-state index in [4.69, 9.17) is 4.52 Å². The molecule has 0 unspecified atom stereocenters. The van der Waals surface area contributed by atoms with E-state index in [0.29, 0.717) is 42.5 Å². The zero-order valence-electron chi connectivity index (χ0n) is 18.0. The van der Waals surface area contributed by atoms with Crippen molar-refractivity contribution in [3.05, 3.63) is 41.5 Å². The van der Waals surface area contributed by atoms with Gasteiger partial charge in [-0.05, 0) is 18.2 Å². The first-order chi connectivity index (χ1) is 14.5. The maximum Gasteiger partial charge on any atom is 0.254 e. The number of likely N-dealkylation sites (tertiary alicyclic amines) is 1. The van der Waals surface area contributed by atoms with Gasteiger partial charge in [0, 0.05) is 50.1 Å². The molecule has 0 radical (unpaired) electrons. The van der Waals surface area contributed by atoms with E-state index in [0.717, 1.165) is 6.26 Å². The summed E-state index contributed by atoms with van der Waals surface area (Å²) >= 11 is 0. The molecule has 0 atom stereocenters. The molecule has 2 aromatic rings. The van der Waals surface area contributed by atoms with Crippen LogP contribution in [0.4, 0.5) is 5.69 Å². The number of anilines is 1. The van der Waals surface area contributed by atoms with Gasteiger partial charge < -0.3 is 14.7 Å². The normalized spacial score (nSPS) is 14.7. The van der Waals surface area contributed by atoms with Crippen LogP contribution in [-0.2, 0) is 21.2 Å². The third-order valence-corrected chi connectivity index (χ3v) is 6.28. The summed E-state index contributed by atoms with van der Waals surface area (Å²) in [6, 6.07) is 6.35. The topological polar surface area (TPSA) is 126 Å². The van der Waals surface area contributed by atoms with Crippen LogP contribution in [-0.4, -0.2) is 71.5 Å². The van der Waals surface area contributed by atoms with E-state index in [9.17, 15) is 18.0 Å². The largest absolute Gasteiger partial charge is 0.339 e. The number of rotatable bonds is 8. The summed E-state index contributed by atoms with van der Waals surface area (Å²) in [4.78, 5) is 29.8. The number of benzene rings is 1. The van der Waals surface area contributed by atoms with E-state index >= 15 is 0 Å². The number of carbonyl (C=O) groups excluding carboxylic acids is 2. The first-order valence-corrected chi connectivity index (χ1v) is 11.9. The SMILES string of the molecule is CC(=O)Nc1cccc(C(=O)N2CC(N(CCc3noc(C(C)C)n3)S(C)(=O)=O)C2)c1. The van der Waals surface area contributed by atoms with Crippen LogP contribution >= 0.6 is 0 Å². The number of nitrogens with one attached hydrogen (secondary N) is 1. The Bertz CT molecular complexity index is 1060. The van der Waals surface area contributed by atoms with E-state index < -0.39 is 10.0 Å². The van der Waals surface area contributed by atoms with Gasteiger partial charge in [0.2, 0.25) is 21.8 Å². The first kappa shape index (κ1) is 22.9. The van der Waals surface area contributed by atoms with Crippen LogP contribution in [0.5, 0.6) is 0 Å². The Morgan fingerprint density at radius 3 is 2.61 bits per heavy atom. The molecule has 1 aromatic heterocycles. The zero-order valence-corrected chi connectivity index (χ0v) is 18.8. The molecule has 2 amide bonds. The minimum absolute atomic E-state index is 0.0996. The highest BCUT2D eigenvalue weighted by Gasteiger charge is 2.39. The van der Waals surface area contributed by atoms with Crippen molar-refractivity contribution in [1.82, 2.24) is 19.3 Å². The Labute approximate surface area is 181 Å². The zero-order chi connectivity index (χ0) is 22.8. The van der Waals surface area contributed by atoms with Crippen molar-refractivity contribution in [3.63, 3.8) is 0 Å². The average Bonchev–Trinajstić information content (AvgIpc) is 3.11. The van der Waals surface area contributed by atoms with Gasteiger partial charge in [-0.1, -0.05) is 25.1 Å². The van der Waals surface area contributed by atoms with E-state index in [1.165, 1.54) is 11.2 Å². The molecule has 1 aliphatic heterocycles.